The minimum atomic E-state index is 0.0843. The zero-order chi connectivity index (χ0) is 8.43. The second-order valence-corrected chi connectivity index (χ2v) is 2.88. The molecule has 0 saturated carbocycles. The van der Waals surface area contributed by atoms with Gasteiger partial charge in [0, 0.05) is 0 Å². The summed E-state index contributed by atoms with van der Waals surface area (Å²) in [6, 6.07) is 3.16. The lowest BCUT2D eigenvalue weighted by atomic mass is 10.4. The molecule has 0 N–H and O–H groups in total. The highest BCUT2D eigenvalue weighted by Gasteiger charge is 2.05. The van der Waals surface area contributed by atoms with Crippen LogP contribution in [0.15, 0.2) is 6.07 Å². The van der Waals surface area contributed by atoms with Gasteiger partial charge < -0.3 is 0 Å². The Morgan fingerprint density at radius 2 is 1.91 bits per heavy atom. The second kappa shape index (κ2) is 3.27. The summed E-state index contributed by atoms with van der Waals surface area (Å²) in [4.78, 5) is 3.63. The maximum atomic E-state index is 8.44. The zero-order valence-electron chi connectivity index (χ0n) is 5.11. The zero-order valence-corrected chi connectivity index (χ0v) is 7.37. The van der Waals surface area contributed by atoms with Crippen LogP contribution in [0.1, 0.15) is 5.69 Å². The van der Waals surface area contributed by atoms with Gasteiger partial charge in [-0.25, -0.2) is 4.98 Å². The number of hydrogen-bond acceptors (Lipinski definition) is 2. The van der Waals surface area contributed by atoms with E-state index in [4.69, 9.17) is 40.1 Å². The van der Waals surface area contributed by atoms with Gasteiger partial charge in [-0.2, -0.15) is 5.26 Å². The van der Waals surface area contributed by atoms with Crippen LogP contribution in [0.25, 0.3) is 0 Å². The fraction of sp³-hybridized carbons (Fsp3) is 0. The minimum absolute atomic E-state index is 0.0843. The van der Waals surface area contributed by atoms with E-state index in [-0.39, 0.29) is 20.9 Å². The van der Waals surface area contributed by atoms with Crippen LogP contribution >= 0.6 is 34.8 Å². The highest BCUT2D eigenvalue weighted by atomic mass is 35.5. The monoisotopic (exact) mass is 206 g/mol. The van der Waals surface area contributed by atoms with Gasteiger partial charge in [-0.1, -0.05) is 34.8 Å². The summed E-state index contributed by atoms with van der Waals surface area (Å²) in [5.41, 5.74) is 0.0843. The summed E-state index contributed by atoms with van der Waals surface area (Å²) in [5.74, 6) is 0. The lowest BCUT2D eigenvalue weighted by Gasteiger charge is -1.96. The molecule has 1 aromatic rings. The van der Waals surface area contributed by atoms with Crippen LogP contribution in [0, 0.1) is 11.3 Å². The molecule has 0 bridgehead atoms. The van der Waals surface area contributed by atoms with Crippen molar-refractivity contribution in [2.24, 2.45) is 0 Å². The van der Waals surface area contributed by atoms with Gasteiger partial charge in [0.05, 0.1) is 10.0 Å². The van der Waals surface area contributed by atoms with Crippen LogP contribution in [0.3, 0.4) is 0 Å². The fourth-order valence-corrected chi connectivity index (χ4v) is 1.06. The Balaban J connectivity index is 3.35. The Morgan fingerprint density at radius 1 is 1.27 bits per heavy atom. The first-order valence-electron chi connectivity index (χ1n) is 2.57. The molecule has 0 aliphatic carbocycles. The molecule has 5 heteroatoms. The molecule has 0 spiro atoms. The molecular formula is C6HCl3N2. The van der Waals surface area contributed by atoms with Crippen molar-refractivity contribution in [3.8, 4) is 6.07 Å². The molecule has 1 heterocycles. The van der Waals surface area contributed by atoms with Crippen LogP contribution in [-0.4, -0.2) is 4.98 Å². The van der Waals surface area contributed by atoms with Crippen LogP contribution in [-0.2, 0) is 0 Å². The van der Waals surface area contributed by atoms with Crippen molar-refractivity contribution in [1.29, 1.82) is 5.26 Å². The summed E-state index contributed by atoms with van der Waals surface area (Å²) in [6.45, 7) is 0. The predicted molar refractivity (Wildman–Crippen MR) is 44.0 cm³/mol. The van der Waals surface area contributed by atoms with E-state index in [1.165, 1.54) is 6.07 Å². The molecule has 0 aromatic carbocycles. The van der Waals surface area contributed by atoms with Crippen LogP contribution in [0.2, 0.25) is 15.2 Å². The molecule has 56 valence electrons. The molecule has 0 radical (unpaired) electrons. The molecule has 0 fully saturated rings. The highest BCUT2D eigenvalue weighted by molar-refractivity contribution is 6.42. The Morgan fingerprint density at radius 3 is 2.45 bits per heavy atom. The lowest BCUT2D eigenvalue weighted by Crippen LogP contribution is -1.85. The van der Waals surface area contributed by atoms with Crippen LogP contribution in [0.5, 0.6) is 0 Å². The van der Waals surface area contributed by atoms with Gasteiger partial charge in [0.15, 0.2) is 5.69 Å². The van der Waals surface area contributed by atoms with Crippen LogP contribution in [0.4, 0.5) is 0 Å². The molecule has 11 heavy (non-hydrogen) atoms. The Bertz CT molecular complexity index is 329. The quantitative estimate of drug-likeness (QED) is 0.613. The molecule has 2 nitrogen and oxygen atoms in total. The SMILES string of the molecule is N#Cc1nc(Cl)c(Cl)cc1Cl. The van der Waals surface area contributed by atoms with Gasteiger partial charge in [0.2, 0.25) is 0 Å². The molecule has 1 rings (SSSR count). The average molecular weight is 207 g/mol. The number of aromatic nitrogens is 1. The number of nitrogens with zero attached hydrogens (tertiary/aromatic N) is 2. The minimum Gasteiger partial charge on any atom is -0.222 e. The fourth-order valence-electron chi connectivity index (χ4n) is 0.523. The van der Waals surface area contributed by atoms with Gasteiger partial charge in [-0.3, -0.25) is 0 Å². The molecule has 0 aliphatic rings. The third-order valence-corrected chi connectivity index (χ3v) is 1.95. The first kappa shape index (κ1) is 8.61. The van der Waals surface area contributed by atoms with Crippen molar-refractivity contribution in [2.45, 2.75) is 0 Å². The Kier molecular flexibility index (Phi) is 2.56. The molecule has 0 saturated heterocycles. The Hall–Kier alpha value is -0.490. The number of rotatable bonds is 0. The highest BCUT2D eigenvalue weighted by Crippen LogP contribution is 2.24. The summed E-state index contributed by atoms with van der Waals surface area (Å²) in [6.07, 6.45) is 0. The van der Waals surface area contributed by atoms with E-state index in [1.54, 1.807) is 6.07 Å². The topological polar surface area (TPSA) is 36.7 Å². The van der Waals surface area contributed by atoms with E-state index < -0.39 is 0 Å². The summed E-state index contributed by atoms with van der Waals surface area (Å²) < 4.78 is 0. The van der Waals surface area contributed by atoms with Crippen molar-refractivity contribution in [2.75, 3.05) is 0 Å². The van der Waals surface area contributed by atoms with Gasteiger partial charge >= 0.3 is 0 Å². The van der Waals surface area contributed by atoms with E-state index in [2.05, 4.69) is 4.98 Å². The number of nitriles is 1. The largest absolute Gasteiger partial charge is 0.222 e. The molecular weight excluding hydrogens is 206 g/mol. The van der Waals surface area contributed by atoms with E-state index in [0.717, 1.165) is 0 Å². The van der Waals surface area contributed by atoms with Gasteiger partial charge in [0.25, 0.3) is 0 Å². The Labute approximate surface area is 78.3 Å². The molecule has 0 amide bonds. The smallest absolute Gasteiger partial charge is 0.160 e. The maximum absolute atomic E-state index is 8.44. The third kappa shape index (κ3) is 1.75. The van der Waals surface area contributed by atoms with Gasteiger partial charge in [-0.15, -0.1) is 0 Å². The molecule has 0 atom stereocenters. The maximum Gasteiger partial charge on any atom is 0.160 e. The van der Waals surface area contributed by atoms with Crippen molar-refractivity contribution < 1.29 is 0 Å². The van der Waals surface area contributed by atoms with E-state index >= 15 is 0 Å². The number of hydrogen-bond donors (Lipinski definition) is 0. The van der Waals surface area contributed by atoms with Crippen molar-refractivity contribution >= 4 is 34.8 Å². The van der Waals surface area contributed by atoms with E-state index in [9.17, 15) is 0 Å². The molecule has 0 unspecified atom stereocenters. The third-order valence-electron chi connectivity index (χ3n) is 0.993. The second-order valence-electron chi connectivity index (χ2n) is 1.70. The molecule has 0 aliphatic heterocycles. The molecule has 1 aromatic heterocycles. The van der Waals surface area contributed by atoms with Crippen molar-refractivity contribution in [3.63, 3.8) is 0 Å². The lowest BCUT2D eigenvalue weighted by molar-refractivity contribution is 1.26. The van der Waals surface area contributed by atoms with Crippen molar-refractivity contribution in [1.82, 2.24) is 4.98 Å². The van der Waals surface area contributed by atoms with Crippen LogP contribution < -0.4 is 0 Å². The number of pyridine rings is 1. The average Bonchev–Trinajstić information content (AvgIpc) is 1.97. The standard InChI is InChI=1S/C6HCl3N2/c7-3-1-4(8)6(9)11-5(3)2-10/h1H. The normalized spacial score (nSPS) is 9.27. The number of halogens is 3. The first-order valence-corrected chi connectivity index (χ1v) is 3.70. The summed E-state index contributed by atoms with van der Waals surface area (Å²) >= 11 is 16.6. The van der Waals surface area contributed by atoms with Gasteiger partial charge in [-0.05, 0) is 6.07 Å². The predicted octanol–water partition coefficient (Wildman–Crippen LogP) is 2.91. The summed E-state index contributed by atoms with van der Waals surface area (Å²) in [7, 11) is 0. The summed E-state index contributed by atoms with van der Waals surface area (Å²) in [5, 5.41) is 8.98. The van der Waals surface area contributed by atoms with E-state index in [1.807, 2.05) is 0 Å². The van der Waals surface area contributed by atoms with Gasteiger partial charge in [0.1, 0.15) is 11.2 Å². The first-order chi connectivity index (χ1) is 5.15. The van der Waals surface area contributed by atoms with E-state index in [0.29, 0.717) is 0 Å². The van der Waals surface area contributed by atoms with Crippen molar-refractivity contribution in [3.05, 3.63) is 27.0 Å².